The van der Waals surface area contributed by atoms with E-state index >= 15 is 0 Å². The number of Topliss-reactive ketones (excluding diaryl/α,β-unsaturated/α-hetero) is 1. The third kappa shape index (κ3) is 4.71. The van der Waals surface area contributed by atoms with Gasteiger partial charge in [0.1, 0.15) is 17.3 Å². The molecule has 3 aromatic carbocycles. The minimum Gasteiger partial charge on any atom is -0.495 e. The highest BCUT2D eigenvalue weighted by Crippen LogP contribution is 2.45. The molecule has 37 heavy (non-hydrogen) atoms. The van der Waals surface area contributed by atoms with Crippen LogP contribution in [-0.4, -0.2) is 31.3 Å². The molecular formula is C29H26ClFN2O4. The lowest BCUT2D eigenvalue weighted by Crippen LogP contribution is -2.35. The highest BCUT2D eigenvalue weighted by Gasteiger charge is 2.44. The van der Waals surface area contributed by atoms with E-state index in [1.807, 2.05) is 24.3 Å². The number of ketones is 1. The number of hydrogen-bond donors (Lipinski definition) is 1. The summed E-state index contributed by atoms with van der Waals surface area (Å²) in [4.78, 5) is 41.0. The summed E-state index contributed by atoms with van der Waals surface area (Å²) in [5.74, 6) is -0.843. The van der Waals surface area contributed by atoms with Crippen LogP contribution in [0, 0.1) is 11.2 Å². The maximum atomic E-state index is 13.7. The van der Waals surface area contributed by atoms with E-state index in [1.54, 1.807) is 23.1 Å². The van der Waals surface area contributed by atoms with Gasteiger partial charge in [-0.25, -0.2) is 4.39 Å². The Bertz CT molecular complexity index is 1410. The third-order valence-corrected chi connectivity index (χ3v) is 7.72. The zero-order valence-corrected chi connectivity index (χ0v) is 21.1. The molecule has 1 aliphatic heterocycles. The predicted octanol–water partition coefficient (Wildman–Crippen LogP) is 6.07. The number of rotatable bonds is 4. The molecule has 8 heteroatoms. The van der Waals surface area contributed by atoms with E-state index in [4.69, 9.17) is 16.3 Å². The van der Waals surface area contributed by atoms with Crippen LogP contribution in [0.25, 0.3) is 0 Å². The molecule has 1 heterocycles. The predicted molar refractivity (Wildman–Crippen MR) is 140 cm³/mol. The Balaban J connectivity index is 1.43. The van der Waals surface area contributed by atoms with Crippen LogP contribution in [0.3, 0.4) is 0 Å². The van der Waals surface area contributed by atoms with Gasteiger partial charge in [-0.1, -0.05) is 29.8 Å². The maximum Gasteiger partial charge on any atom is 0.258 e. The van der Waals surface area contributed by atoms with Crippen LogP contribution in [0.2, 0.25) is 5.02 Å². The van der Waals surface area contributed by atoms with Gasteiger partial charge in [0.25, 0.3) is 11.8 Å². The van der Waals surface area contributed by atoms with E-state index in [2.05, 4.69) is 5.32 Å². The van der Waals surface area contributed by atoms with Crippen molar-refractivity contribution in [2.45, 2.75) is 32.1 Å². The summed E-state index contributed by atoms with van der Waals surface area (Å²) < 4.78 is 19.1. The van der Waals surface area contributed by atoms with Crippen molar-refractivity contribution in [3.63, 3.8) is 0 Å². The largest absolute Gasteiger partial charge is 0.495 e. The summed E-state index contributed by atoms with van der Waals surface area (Å²) >= 11 is 6.06. The summed E-state index contributed by atoms with van der Waals surface area (Å²) in [5.41, 5.74) is 2.07. The SMILES string of the molecule is COc1cc(C(=O)N2CCC3(CCCC3=O)Cc3ccccc32)ccc1NC(=O)c1cc(F)ccc1Cl. The van der Waals surface area contributed by atoms with Gasteiger partial charge in [0.15, 0.2) is 0 Å². The lowest BCUT2D eigenvalue weighted by atomic mass is 9.77. The minimum atomic E-state index is -0.602. The highest BCUT2D eigenvalue weighted by atomic mass is 35.5. The number of halogens is 2. The smallest absolute Gasteiger partial charge is 0.258 e. The molecule has 6 nitrogen and oxygen atoms in total. The van der Waals surface area contributed by atoms with Crippen LogP contribution >= 0.6 is 11.6 Å². The molecule has 3 aromatic rings. The number of fused-ring (bicyclic) bond motifs is 1. The second-order valence-corrected chi connectivity index (χ2v) is 9.97. The first-order valence-electron chi connectivity index (χ1n) is 12.2. The molecule has 1 saturated carbocycles. The topological polar surface area (TPSA) is 75.7 Å². The van der Waals surface area contributed by atoms with Crippen molar-refractivity contribution in [3.8, 4) is 5.75 Å². The number of carbonyl (C=O) groups excluding carboxylic acids is 3. The van der Waals surface area contributed by atoms with E-state index in [-0.39, 0.29) is 28.0 Å². The number of methoxy groups -OCH3 is 1. The quantitative estimate of drug-likeness (QED) is 0.453. The van der Waals surface area contributed by atoms with Crippen LogP contribution in [0.4, 0.5) is 15.8 Å². The van der Waals surface area contributed by atoms with Crippen molar-refractivity contribution < 1.29 is 23.5 Å². The number of nitrogens with one attached hydrogen (secondary N) is 1. The second-order valence-electron chi connectivity index (χ2n) is 9.56. The van der Waals surface area contributed by atoms with Gasteiger partial charge in [0.05, 0.1) is 23.4 Å². The van der Waals surface area contributed by atoms with E-state index in [9.17, 15) is 18.8 Å². The fourth-order valence-corrected chi connectivity index (χ4v) is 5.62. The number of carbonyl (C=O) groups is 3. The summed E-state index contributed by atoms with van der Waals surface area (Å²) in [6.45, 7) is 0.431. The molecule has 1 N–H and O–H groups in total. The minimum absolute atomic E-state index is 0.0135. The average Bonchev–Trinajstić information content (AvgIpc) is 3.15. The number of para-hydroxylation sites is 1. The van der Waals surface area contributed by atoms with Gasteiger partial charge >= 0.3 is 0 Å². The van der Waals surface area contributed by atoms with E-state index in [0.29, 0.717) is 37.1 Å². The number of nitrogens with zero attached hydrogens (tertiary/aromatic N) is 1. The molecule has 0 radical (unpaired) electrons. The number of amides is 2. The van der Waals surface area contributed by atoms with Crippen LogP contribution in [0.5, 0.6) is 5.75 Å². The molecule has 0 bridgehead atoms. The van der Waals surface area contributed by atoms with Gasteiger partial charge in [-0.3, -0.25) is 14.4 Å². The monoisotopic (exact) mass is 520 g/mol. The normalized spacial score (nSPS) is 18.9. The van der Waals surface area contributed by atoms with Crippen LogP contribution in [0.15, 0.2) is 60.7 Å². The molecule has 1 fully saturated rings. The van der Waals surface area contributed by atoms with Gasteiger partial charge in [0.2, 0.25) is 0 Å². The third-order valence-electron chi connectivity index (χ3n) is 7.39. The Morgan fingerprint density at radius 3 is 2.65 bits per heavy atom. The Morgan fingerprint density at radius 1 is 1.08 bits per heavy atom. The lowest BCUT2D eigenvalue weighted by molar-refractivity contribution is -0.126. The molecule has 1 unspecified atom stereocenters. The molecule has 0 saturated heterocycles. The van der Waals surface area contributed by atoms with Crippen molar-refractivity contribution in [3.05, 3.63) is 88.2 Å². The molecular weight excluding hydrogens is 495 g/mol. The maximum absolute atomic E-state index is 13.7. The molecule has 190 valence electrons. The summed E-state index contributed by atoms with van der Waals surface area (Å²) in [6, 6.07) is 16.0. The summed E-state index contributed by atoms with van der Waals surface area (Å²) in [7, 11) is 1.44. The van der Waals surface area contributed by atoms with Gasteiger partial charge < -0.3 is 15.0 Å². The zero-order chi connectivity index (χ0) is 26.2. The van der Waals surface area contributed by atoms with Crippen LogP contribution in [0.1, 0.15) is 52.0 Å². The number of anilines is 2. The van der Waals surface area contributed by atoms with Crippen LogP contribution < -0.4 is 15.0 Å². The van der Waals surface area contributed by atoms with E-state index < -0.39 is 17.1 Å². The first-order chi connectivity index (χ1) is 17.8. The summed E-state index contributed by atoms with van der Waals surface area (Å²) in [6.07, 6.45) is 3.59. The fraction of sp³-hybridized carbons (Fsp3) is 0.276. The number of hydrogen-bond acceptors (Lipinski definition) is 4. The molecule has 1 atom stereocenters. The van der Waals surface area contributed by atoms with Crippen molar-refractivity contribution in [1.82, 2.24) is 0 Å². The van der Waals surface area contributed by atoms with Gasteiger partial charge in [0, 0.05) is 29.6 Å². The lowest BCUT2D eigenvalue weighted by Gasteiger charge is -2.26. The first-order valence-corrected chi connectivity index (χ1v) is 12.6. The van der Waals surface area contributed by atoms with Gasteiger partial charge in [-0.15, -0.1) is 0 Å². The Hall–Kier alpha value is -3.71. The van der Waals surface area contributed by atoms with Crippen molar-refractivity contribution in [2.75, 3.05) is 23.9 Å². The first kappa shape index (κ1) is 25.0. The molecule has 1 aliphatic carbocycles. The van der Waals surface area contributed by atoms with Gasteiger partial charge in [-0.2, -0.15) is 0 Å². The summed E-state index contributed by atoms with van der Waals surface area (Å²) in [5, 5.41) is 2.79. The molecule has 2 aliphatic rings. The number of ether oxygens (including phenoxy) is 1. The highest BCUT2D eigenvalue weighted by molar-refractivity contribution is 6.34. The molecule has 2 amide bonds. The Morgan fingerprint density at radius 2 is 1.89 bits per heavy atom. The zero-order valence-electron chi connectivity index (χ0n) is 20.4. The average molecular weight is 521 g/mol. The fourth-order valence-electron chi connectivity index (χ4n) is 5.42. The van der Waals surface area contributed by atoms with Crippen molar-refractivity contribution >= 4 is 40.6 Å². The Labute approximate surface area is 219 Å². The van der Waals surface area contributed by atoms with Crippen LogP contribution in [-0.2, 0) is 11.2 Å². The van der Waals surface area contributed by atoms with Gasteiger partial charge in [-0.05, 0) is 73.7 Å². The van der Waals surface area contributed by atoms with E-state index in [1.165, 1.54) is 19.2 Å². The van der Waals surface area contributed by atoms with E-state index in [0.717, 1.165) is 30.2 Å². The second kappa shape index (κ2) is 9.98. The van der Waals surface area contributed by atoms with Crippen molar-refractivity contribution in [1.29, 1.82) is 0 Å². The van der Waals surface area contributed by atoms with Crippen molar-refractivity contribution in [2.24, 2.45) is 5.41 Å². The molecule has 0 aromatic heterocycles. The standard InChI is InChI=1S/C29H26ClFN2O4/c1-37-25-15-18(8-11-23(25)32-27(35)21-16-20(31)9-10-22(21)30)28(36)33-14-13-29(12-4-7-26(29)34)17-19-5-2-3-6-24(19)33/h2-3,5-6,8-11,15-16H,4,7,12-14,17H2,1H3,(H,32,35). The molecule has 5 rings (SSSR count). The molecule has 1 spiro atoms. The number of benzene rings is 3. The Kier molecular flexibility index (Phi) is 6.73.